The van der Waals surface area contributed by atoms with E-state index >= 15 is 0 Å². The molecule has 2 bridgehead atoms. The van der Waals surface area contributed by atoms with Crippen LogP contribution >= 0.6 is 0 Å². The van der Waals surface area contributed by atoms with Crippen LogP contribution in [-0.2, 0) is 4.79 Å². The van der Waals surface area contributed by atoms with Crippen molar-refractivity contribution in [1.82, 2.24) is 10.2 Å². The predicted octanol–water partition coefficient (Wildman–Crippen LogP) is 1.35. The van der Waals surface area contributed by atoms with Gasteiger partial charge in [0, 0.05) is 12.6 Å². The lowest BCUT2D eigenvalue weighted by Crippen LogP contribution is -2.44. The first kappa shape index (κ1) is 14.3. The van der Waals surface area contributed by atoms with Gasteiger partial charge in [-0.05, 0) is 69.9 Å². The van der Waals surface area contributed by atoms with Crippen LogP contribution in [0.3, 0.4) is 0 Å². The van der Waals surface area contributed by atoms with E-state index in [1.807, 2.05) is 0 Å². The van der Waals surface area contributed by atoms with E-state index < -0.39 is 0 Å². The van der Waals surface area contributed by atoms with Crippen LogP contribution in [0, 0.1) is 17.8 Å². The molecule has 3 N–H and O–H groups in total. The predicted molar refractivity (Wildman–Crippen MR) is 80.2 cm³/mol. The third kappa shape index (κ3) is 3.53. The lowest BCUT2D eigenvalue weighted by molar-refractivity contribution is -0.120. The van der Waals surface area contributed by atoms with Gasteiger partial charge in [0.25, 0.3) is 0 Å². The first-order chi connectivity index (χ1) is 9.61. The summed E-state index contributed by atoms with van der Waals surface area (Å²) in [6.45, 7) is 2.18. The van der Waals surface area contributed by atoms with Crippen LogP contribution in [0.4, 0.5) is 0 Å². The molecule has 20 heavy (non-hydrogen) atoms. The van der Waals surface area contributed by atoms with Gasteiger partial charge in [0.1, 0.15) is 0 Å². The number of hydrogen-bond donors (Lipinski definition) is 2. The monoisotopic (exact) mass is 279 g/mol. The number of nitrogens with zero attached hydrogens (tertiary/aromatic N) is 1. The average Bonchev–Trinajstić information content (AvgIpc) is 2.98. The number of hydrogen-bond acceptors (Lipinski definition) is 3. The summed E-state index contributed by atoms with van der Waals surface area (Å²) < 4.78 is 0. The van der Waals surface area contributed by atoms with E-state index in [4.69, 9.17) is 5.73 Å². The zero-order valence-electron chi connectivity index (χ0n) is 12.7. The smallest absolute Gasteiger partial charge is 0.234 e. The van der Waals surface area contributed by atoms with Crippen LogP contribution in [-0.4, -0.2) is 43.0 Å². The van der Waals surface area contributed by atoms with Gasteiger partial charge in [0.15, 0.2) is 0 Å². The molecule has 0 saturated heterocycles. The summed E-state index contributed by atoms with van der Waals surface area (Å²) in [6.07, 6.45) is 9.09. The Morgan fingerprint density at radius 2 is 2.10 bits per heavy atom. The van der Waals surface area contributed by atoms with E-state index in [9.17, 15) is 4.79 Å². The Bertz CT molecular complexity index is 356. The Balaban J connectivity index is 1.39. The third-order valence-corrected chi connectivity index (χ3v) is 5.59. The van der Waals surface area contributed by atoms with Crippen molar-refractivity contribution >= 4 is 5.91 Å². The maximum Gasteiger partial charge on any atom is 0.234 e. The zero-order valence-corrected chi connectivity index (χ0v) is 12.7. The average molecular weight is 279 g/mol. The van der Waals surface area contributed by atoms with Crippen molar-refractivity contribution in [3.05, 3.63) is 0 Å². The molecule has 0 spiro atoms. The number of carbonyl (C=O) groups is 1. The number of fused-ring (bicyclic) bond motifs is 2. The molecule has 1 amide bonds. The topological polar surface area (TPSA) is 58.4 Å². The zero-order chi connectivity index (χ0) is 14.1. The van der Waals surface area contributed by atoms with Gasteiger partial charge < -0.3 is 16.0 Å². The van der Waals surface area contributed by atoms with E-state index in [-0.39, 0.29) is 11.9 Å². The lowest BCUT2D eigenvalue weighted by Gasteiger charge is -2.28. The molecule has 0 aliphatic heterocycles. The molecule has 0 radical (unpaired) electrons. The second kappa shape index (κ2) is 6.02. The third-order valence-electron chi connectivity index (χ3n) is 5.59. The van der Waals surface area contributed by atoms with E-state index in [0.717, 1.165) is 30.7 Å². The number of rotatable bonds is 8. The fourth-order valence-corrected chi connectivity index (χ4v) is 4.28. The van der Waals surface area contributed by atoms with Crippen LogP contribution in [0.25, 0.3) is 0 Å². The van der Waals surface area contributed by atoms with Crippen molar-refractivity contribution in [2.75, 3.05) is 20.1 Å². The van der Waals surface area contributed by atoms with Crippen molar-refractivity contribution in [2.24, 2.45) is 23.5 Å². The summed E-state index contributed by atoms with van der Waals surface area (Å²) in [7, 11) is 2.20. The Labute approximate surface area is 122 Å². The first-order valence-corrected chi connectivity index (χ1v) is 8.35. The maximum absolute atomic E-state index is 11.5. The minimum atomic E-state index is -0.190. The second-order valence-corrected chi connectivity index (χ2v) is 7.38. The molecular formula is C16H29N3O. The highest BCUT2D eigenvalue weighted by Crippen LogP contribution is 2.48. The van der Waals surface area contributed by atoms with Gasteiger partial charge in [-0.15, -0.1) is 0 Å². The van der Waals surface area contributed by atoms with E-state index in [2.05, 4.69) is 17.3 Å². The standard InChI is InChI=1S/C16H29N3O/c1-19(10-13-9-11-2-3-12(13)8-11)7-6-15(16(17)20)18-14-4-5-14/h11-15,18H,2-10H2,1H3,(H2,17,20). The van der Waals surface area contributed by atoms with Crippen LogP contribution in [0.5, 0.6) is 0 Å². The molecule has 0 aromatic heterocycles. The van der Waals surface area contributed by atoms with Crippen molar-refractivity contribution in [2.45, 2.75) is 57.0 Å². The first-order valence-electron chi connectivity index (χ1n) is 8.35. The fraction of sp³-hybridized carbons (Fsp3) is 0.938. The van der Waals surface area contributed by atoms with Crippen molar-refractivity contribution in [3.63, 3.8) is 0 Å². The molecule has 4 unspecified atom stereocenters. The molecule has 4 nitrogen and oxygen atoms in total. The number of nitrogens with one attached hydrogen (secondary N) is 1. The largest absolute Gasteiger partial charge is 0.368 e. The fourth-order valence-electron chi connectivity index (χ4n) is 4.28. The summed E-state index contributed by atoms with van der Waals surface area (Å²) >= 11 is 0. The minimum absolute atomic E-state index is 0.134. The molecule has 114 valence electrons. The molecule has 3 aliphatic rings. The van der Waals surface area contributed by atoms with Gasteiger partial charge in [0.05, 0.1) is 6.04 Å². The van der Waals surface area contributed by atoms with Crippen LogP contribution in [0.15, 0.2) is 0 Å². The van der Waals surface area contributed by atoms with Crippen molar-refractivity contribution in [3.8, 4) is 0 Å². The summed E-state index contributed by atoms with van der Waals surface area (Å²) in [5.41, 5.74) is 5.49. The molecule has 0 aromatic carbocycles. The normalized spacial score (nSPS) is 33.8. The van der Waals surface area contributed by atoms with E-state index in [0.29, 0.717) is 6.04 Å². The molecule has 0 aromatic rings. The Morgan fingerprint density at radius 3 is 2.65 bits per heavy atom. The number of primary amides is 1. The highest BCUT2D eigenvalue weighted by atomic mass is 16.1. The van der Waals surface area contributed by atoms with Gasteiger partial charge in [-0.3, -0.25) is 4.79 Å². The highest BCUT2D eigenvalue weighted by molar-refractivity contribution is 5.79. The quantitative estimate of drug-likeness (QED) is 0.705. The summed E-state index contributed by atoms with van der Waals surface area (Å²) in [4.78, 5) is 13.9. The molecule has 3 aliphatic carbocycles. The summed E-state index contributed by atoms with van der Waals surface area (Å²) in [5, 5.41) is 3.37. The number of amides is 1. The molecule has 4 heteroatoms. The van der Waals surface area contributed by atoms with Crippen LogP contribution in [0.2, 0.25) is 0 Å². The van der Waals surface area contributed by atoms with Crippen molar-refractivity contribution in [1.29, 1.82) is 0 Å². The van der Waals surface area contributed by atoms with Crippen molar-refractivity contribution < 1.29 is 4.79 Å². The van der Waals surface area contributed by atoms with E-state index in [1.54, 1.807) is 0 Å². The van der Waals surface area contributed by atoms with E-state index in [1.165, 1.54) is 45.1 Å². The SMILES string of the molecule is CN(CCC(NC1CC1)C(N)=O)CC1CC2CCC1C2. The van der Waals surface area contributed by atoms with Gasteiger partial charge in [-0.2, -0.15) is 0 Å². The maximum atomic E-state index is 11.5. The second-order valence-electron chi connectivity index (χ2n) is 7.38. The van der Waals surface area contributed by atoms with Crippen LogP contribution in [0.1, 0.15) is 44.9 Å². The Kier molecular flexibility index (Phi) is 4.32. The van der Waals surface area contributed by atoms with Gasteiger partial charge in [0.2, 0.25) is 5.91 Å². The molecule has 3 rings (SSSR count). The molecule has 3 saturated carbocycles. The molecule has 0 heterocycles. The number of nitrogens with two attached hydrogens (primary N) is 1. The summed E-state index contributed by atoms with van der Waals surface area (Å²) in [6, 6.07) is 0.411. The number of carbonyl (C=O) groups excluding carboxylic acids is 1. The van der Waals surface area contributed by atoms with Gasteiger partial charge >= 0.3 is 0 Å². The molecule has 4 atom stereocenters. The Hall–Kier alpha value is -0.610. The van der Waals surface area contributed by atoms with Gasteiger partial charge in [-0.1, -0.05) is 6.42 Å². The van der Waals surface area contributed by atoms with Crippen LogP contribution < -0.4 is 11.1 Å². The Morgan fingerprint density at radius 1 is 1.30 bits per heavy atom. The molecular weight excluding hydrogens is 250 g/mol. The minimum Gasteiger partial charge on any atom is -0.368 e. The van der Waals surface area contributed by atoms with Gasteiger partial charge in [-0.25, -0.2) is 0 Å². The summed E-state index contributed by atoms with van der Waals surface area (Å²) in [5.74, 6) is 2.72. The lowest BCUT2D eigenvalue weighted by atomic mass is 9.88. The highest BCUT2D eigenvalue weighted by Gasteiger charge is 2.39. The molecule has 3 fully saturated rings.